The molecule has 2 aromatic rings. The molecular formula is C13H16N4O. The second kappa shape index (κ2) is 5.01. The summed E-state index contributed by atoms with van der Waals surface area (Å²) in [6.07, 6.45) is 2.43. The highest BCUT2D eigenvalue weighted by molar-refractivity contribution is 5.36. The number of hydrogen-bond acceptors (Lipinski definition) is 4. The first-order valence-corrected chi connectivity index (χ1v) is 5.76. The van der Waals surface area contributed by atoms with Crippen LogP contribution in [0.1, 0.15) is 12.5 Å². The van der Waals surface area contributed by atoms with E-state index in [9.17, 15) is 4.79 Å². The Kier molecular flexibility index (Phi) is 3.43. The van der Waals surface area contributed by atoms with Gasteiger partial charge in [0.25, 0.3) is 0 Å². The summed E-state index contributed by atoms with van der Waals surface area (Å²) in [5.41, 5.74) is 12.7. The maximum Gasteiger partial charge on any atom is 0.354 e. The van der Waals surface area contributed by atoms with Gasteiger partial charge in [0.2, 0.25) is 0 Å². The van der Waals surface area contributed by atoms with Crippen molar-refractivity contribution in [3.63, 3.8) is 0 Å². The molecule has 0 saturated carbocycles. The summed E-state index contributed by atoms with van der Waals surface area (Å²) in [5, 5.41) is 0. The summed E-state index contributed by atoms with van der Waals surface area (Å²) in [6, 6.07) is 9.38. The normalized spacial score (nSPS) is 12.3. The fourth-order valence-corrected chi connectivity index (χ4v) is 1.78. The minimum Gasteiger partial charge on any atom is -0.383 e. The van der Waals surface area contributed by atoms with E-state index in [1.807, 2.05) is 31.2 Å². The van der Waals surface area contributed by atoms with Gasteiger partial charge in [0.15, 0.2) is 0 Å². The van der Waals surface area contributed by atoms with Crippen molar-refractivity contribution >= 4 is 5.82 Å². The van der Waals surface area contributed by atoms with E-state index in [0.717, 1.165) is 17.7 Å². The highest BCUT2D eigenvalue weighted by atomic mass is 16.1. The Morgan fingerprint density at radius 2 is 1.94 bits per heavy atom. The Labute approximate surface area is 105 Å². The molecule has 1 aromatic heterocycles. The van der Waals surface area contributed by atoms with Crippen molar-refractivity contribution in [3.8, 4) is 5.69 Å². The van der Waals surface area contributed by atoms with Crippen LogP contribution in [-0.4, -0.2) is 15.6 Å². The highest BCUT2D eigenvalue weighted by Crippen LogP contribution is 2.09. The molecule has 5 heteroatoms. The average Bonchev–Trinajstić information content (AvgIpc) is 2.30. The van der Waals surface area contributed by atoms with Gasteiger partial charge >= 0.3 is 5.69 Å². The molecule has 2 rings (SSSR count). The van der Waals surface area contributed by atoms with Crippen molar-refractivity contribution in [1.82, 2.24) is 9.55 Å². The lowest BCUT2D eigenvalue weighted by Gasteiger charge is -2.08. The van der Waals surface area contributed by atoms with E-state index in [1.54, 1.807) is 12.3 Å². The molecule has 0 aliphatic heterocycles. The SMILES string of the molecule is CC(N)Cc1ccc(-n2ccc(N)nc2=O)cc1. The van der Waals surface area contributed by atoms with E-state index in [1.165, 1.54) is 4.57 Å². The smallest absolute Gasteiger partial charge is 0.354 e. The lowest BCUT2D eigenvalue weighted by atomic mass is 10.1. The third kappa shape index (κ3) is 2.75. The molecule has 1 aromatic carbocycles. The molecule has 1 heterocycles. The van der Waals surface area contributed by atoms with Crippen LogP contribution < -0.4 is 17.2 Å². The molecule has 0 saturated heterocycles. The third-order valence-electron chi connectivity index (χ3n) is 2.60. The van der Waals surface area contributed by atoms with Crippen LogP contribution in [0, 0.1) is 0 Å². The van der Waals surface area contributed by atoms with Gasteiger partial charge in [-0.05, 0) is 37.1 Å². The van der Waals surface area contributed by atoms with Gasteiger partial charge in [-0.3, -0.25) is 4.57 Å². The van der Waals surface area contributed by atoms with Gasteiger partial charge in [-0.25, -0.2) is 4.79 Å². The molecule has 0 spiro atoms. The number of hydrogen-bond donors (Lipinski definition) is 2. The third-order valence-corrected chi connectivity index (χ3v) is 2.60. The van der Waals surface area contributed by atoms with E-state index in [2.05, 4.69) is 4.98 Å². The van der Waals surface area contributed by atoms with Crippen molar-refractivity contribution in [3.05, 3.63) is 52.6 Å². The summed E-state index contributed by atoms with van der Waals surface area (Å²) in [4.78, 5) is 15.3. The zero-order chi connectivity index (χ0) is 13.1. The van der Waals surface area contributed by atoms with E-state index in [4.69, 9.17) is 11.5 Å². The molecule has 1 atom stereocenters. The molecule has 0 bridgehead atoms. The minimum atomic E-state index is -0.380. The molecule has 94 valence electrons. The lowest BCUT2D eigenvalue weighted by Crippen LogP contribution is -2.21. The zero-order valence-electron chi connectivity index (χ0n) is 10.2. The van der Waals surface area contributed by atoms with Crippen molar-refractivity contribution in [2.45, 2.75) is 19.4 Å². The molecular weight excluding hydrogens is 228 g/mol. The first-order chi connectivity index (χ1) is 8.56. The van der Waals surface area contributed by atoms with Crippen LogP contribution in [0.25, 0.3) is 5.69 Å². The Morgan fingerprint density at radius 1 is 1.28 bits per heavy atom. The van der Waals surface area contributed by atoms with Gasteiger partial charge in [-0.2, -0.15) is 4.98 Å². The molecule has 0 aliphatic rings. The Hall–Kier alpha value is -2.14. The van der Waals surface area contributed by atoms with Gasteiger partial charge in [-0.1, -0.05) is 12.1 Å². The molecule has 0 radical (unpaired) electrons. The standard InChI is InChI=1S/C13H16N4O/c1-9(14)8-10-2-4-11(5-3-10)17-7-6-12(15)16-13(17)18/h2-7,9H,8,14H2,1H3,(H2,15,16,18). The summed E-state index contributed by atoms with van der Waals surface area (Å²) >= 11 is 0. The Balaban J connectivity index is 2.31. The number of anilines is 1. The maximum absolute atomic E-state index is 11.7. The average molecular weight is 244 g/mol. The number of nitrogen functional groups attached to an aromatic ring is 1. The molecule has 18 heavy (non-hydrogen) atoms. The summed E-state index contributed by atoms with van der Waals surface area (Å²) in [6.45, 7) is 1.96. The number of aromatic nitrogens is 2. The van der Waals surface area contributed by atoms with Gasteiger partial charge in [-0.15, -0.1) is 0 Å². The van der Waals surface area contributed by atoms with Crippen LogP contribution >= 0.6 is 0 Å². The number of nitrogens with zero attached hydrogens (tertiary/aromatic N) is 2. The molecule has 0 fully saturated rings. The first-order valence-electron chi connectivity index (χ1n) is 5.76. The second-order valence-corrected chi connectivity index (χ2v) is 4.35. The van der Waals surface area contributed by atoms with E-state index >= 15 is 0 Å². The summed E-state index contributed by atoms with van der Waals surface area (Å²) in [7, 11) is 0. The Bertz CT molecular complexity index is 587. The second-order valence-electron chi connectivity index (χ2n) is 4.35. The molecule has 0 aliphatic carbocycles. The fraction of sp³-hybridized carbons (Fsp3) is 0.231. The molecule has 5 nitrogen and oxygen atoms in total. The lowest BCUT2D eigenvalue weighted by molar-refractivity contribution is 0.738. The highest BCUT2D eigenvalue weighted by Gasteiger charge is 2.02. The summed E-state index contributed by atoms with van der Waals surface area (Å²) < 4.78 is 1.45. The Morgan fingerprint density at radius 3 is 2.50 bits per heavy atom. The van der Waals surface area contributed by atoms with Crippen LogP contribution in [0.2, 0.25) is 0 Å². The van der Waals surface area contributed by atoms with Crippen LogP contribution in [0.4, 0.5) is 5.82 Å². The summed E-state index contributed by atoms with van der Waals surface area (Å²) in [5.74, 6) is 0.227. The van der Waals surface area contributed by atoms with Gasteiger partial charge in [0, 0.05) is 12.2 Å². The largest absolute Gasteiger partial charge is 0.383 e. The number of rotatable bonds is 3. The van der Waals surface area contributed by atoms with Gasteiger partial charge in [0.1, 0.15) is 5.82 Å². The van der Waals surface area contributed by atoms with Crippen LogP contribution in [-0.2, 0) is 6.42 Å². The van der Waals surface area contributed by atoms with Crippen LogP contribution in [0.15, 0.2) is 41.3 Å². The van der Waals surface area contributed by atoms with Crippen molar-refractivity contribution in [1.29, 1.82) is 0 Å². The predicted octanol–water partition coefficient (Wildman–Crippen LogP) is 0.704. The van der Waals surface area contributed by atoms with E-state index in [-0.39, 0.29) is 17.5 Å². The number of benzene rings is 1. The molecule has 0 amide bonds. The van der Waals surface area contributed by atoms with E-state index in [0.29, 0.717) is 0 Å². The maximum atomic E-state index is 11.7. The fourth-order valence-electron chi connectivity index (χ4n) is 1.78. The van der Waals surface area contributed by atoms with Crippen LogP contribution in [0.3, 0.4) is 0 Å². The number of nitrogens with two attached hydrogens (primary N) is 2. The van der Waals surface area contributed by atoms with Crippen molar-refractivity contribution in [2.24, 2.45) is 5.73 Å². The van der Waals surface area contributed by atoms with Crippen molar-refractivity contribution in [2.75, 3.05) is 5.73 Å². The minimum absolute atomic E-state index is 0.122. The van der Waals surface area contributed by atoms with Crippen molar-refractivity contribution < 1.29 is 0 Å². The molecule has 1 unspecified atom stereocenters. The monoisotopic (exact) mass is 244 g/mol. The van der Waals surface area contributed by atoms with Gasteiger partial charge in [0.05, 0.1) is 5.69 Å². The quantitative estimate of drug-likeness (QED) is 0.832. The molecule has 4 N–H and O–H groups in total. The first kappa shape index (κ1) is 12.3. The topological polar surface area (TPSA) is 86.9 Å². The van der Waals surface area contributed by atoms with Gasteiger partial charge < -0.3 is 11.5 Å². The van der Waals surface area contributed by atoms with Crippen LogP contribution in [0.5, 0.6) is 0 Å². The zero-order valence-corrected chi connectivity index (χ0v) is 10.2. The van der Waals surface area contributed by atoms with E-state index < -0.39 is 0 Å². The predicted molar refractivity (Wildman–Crippen MR) is 71.6 cm³/mol.